The Kier molecular flexibility index (Phi) is 7.06. The van der Waals surface area contributed by atoms with Crippen molar-refractivity contribution in [2.75, 3.05) is 25.9 Å². The molecule has 1 aliphatic heterocycles. The van der Waals surface area contributed by atoms with Gasteiger partial charge in [-0.2, -0.15) is 5.10 Å². The topological polar surface area (TPSA) is 105 Å². The molecule has 148 valence electrons. The summed E-state index contributed by atoms with van der Waals surface area (Å²) < 4.78 is 27.4. The average Bonchev–Trinajstić information content (AvgIpc) is 3.23. The van der Waals surface area contributed by atoms with Crippen LogP contribution in [0.5, 0.6) is 0 Å². The standard InChI is InChI=1S/C16H27N5O3S.ClH/c1-21-10-12(7-19-21)13-8-17-9-14(13)16(22)18-6-11-4-3-5-15(11)20-25(2,23)24;/h7,10-11,13-15,17,20H,3-6,8-9H2,1-2H3,(H,18,22);1H/t11?,13-,14+,15?;/m1./s1. The molecule has 1 saturated heterocycles. The van der Waals surface area contributed by atoms with Gasteiger partial charge in [0.25, 0.3) is 0 Å². The van der Waals surface area contributed by atoms with Crippen LogP contribution in [-0.4, -0.2) is 56.0 Å². The van der Waals surface area contributed by atoms with Gasteiger partial charge in [0.2, 0.25) is 15.9 Å². The van der Waals surface area contributed by atoms with E-state index in [9.17, 15) is 13.2 Å². The number of hydrogen-bond acceptors (Lipinski definition) is 5. The van der Waals surface area contributed by atoms with Crippen LogP contribution in [0.2, 0.25) is 0 Å². The molecule has 10 heteroatoms. The zero-order chi connectivity index (χ0) is 18.0. The highest BCUT2D eigenvalue weighted by atomic mass is 35.5. The summed E-state index contributed by atoms with van der Waals surface area (Å²) in [7, 11) is -1.35. The van der Waals surface area contributed by atoms with E-state index in [-0.39, 0.29) is 42.1 Å². The number of halogens is 1. The van der Waals surface area contributed by atoms with Gasteiger partial charge in [0.1, 0.15) is 0 Å². The first-order chi connectivity index (χ1) is 11.8. The van der Waals surface area contributed by atoms with Crippen molar-refractivity contribution >= 4 is 28.3 Å². The van der Waals surface area contributed by atoms with E-state index in [0.29, 0.717) is 13.1 Å². The van der Waals surface area contributed by atoms with Crippen LogP contribution in [0.3, 0.4) is 0 Å². The number of nitrogens with zero attached hydrogens (tertiary/aromatic N) is 2. The van der Waals surface area contributed by atoms with E-state index in [0.717, 1.165) is 31.4 Å². The summed E-state index contributed by atoms with van der Waals surface area (Å²) in [4.78, 5) is 12.7. The number of rotatable bonds is 6. The Morgan fingerprint density at radius 1 is 1.38 bits per heavy atom. The second-order valence-corrected chi connectivity index (χ2v) is 9.03. The molecule has 1 aliphatic carbocycles. The lowest BCUT2D eigenvalue weighted by Gasteiger charge is -2.22. The summed E-state index contributed by atoms with van der Waals surface area (Å²) in [5.41, 5.74) is 1.07. The van der Waals surface area contributed by atoms with Gasteiger partial charge in [0.15, 0.2) is 0 Å². The van der Waals surface area contributed by atoms with Gasteiger partial charge in [-0.1, -0.05) is 6.42 Å². The lowest BCUT2D eigenvalue weighted by Crippen LogP contribution is -2.43. The highest BCUT2D eigenvalue weighted by molar-refractivity contribution is 7.88. The van der Waals surface area contributed by atoms with E-state index in [4.69, 9.17) is 0 Å². The fraction of sp³-hybridized carbons (Fsp3) is 0.750. The molecular weight excluding hydrogens is 378 g/mol. The molecule has 26 heavy (non-hydrogen) atoms. The van der Waals surface area contributed by atoms with Crippen molar-refractivity contribution in [2.24, 2.45) is 18.9 Å². The minimum atomic E-state index is -3.22. The summed E-state index contributed by atoms with van der Waals surface area (Å²) in [6.07, 6.45) is 7.71. The molecule has 2 fully saturated rings. The Labute approximate surface area is 160 Å². The molecule has 0 radical (unpaired) electrons. The van der Waals surface area contributed by atoms with Crippen molar-refractivity contribution in [3.63, 3.8) is 0 Å². The molecule has 2 aliphatic rings. The quantitative estimate of drug-likeness (QED) is 0.616. The third-order valence-electron chi connectivity index (χ3n) is 5.27. The number of amides is 1. The van der Waals surface area contributed by atoms with Gasteiger partial charge >= 0.3 is 0 Å². The maximum Gasteiger partial charge on any atom is 0.225 e. The van der Waals surface area contributed by atoms with Gasteiger partial charge in [0, 0.05) is 44.8 Å². The Bertz CT molecular complexity index is 723. The van der Waals surface area contributed by atoms with Crippen molar-refractivity contribution < 1.29 is 13.2 Å². The maximum absolute atomic E-state index is 12.7. The first-order valence-corrected chi connectivity index (χ1v) is 10.7. The smallest absolute Gasteiger partial charge is 0.225 e. The van der Waals surface area contributed by atoms with Gasteiger partial charge in [-0.25, -0.2) is 13.1 Å². The first kappa shape index (κ1) is 21.1. The minimum Gasteiger partial charge on any atom is -0.355 e. The molecule has 1 saturated carbocycles. The number of sulfonamides is 1. The van der Waals surface area contributed by atoms with E-state index in [1.54, 1.807) is 4.68 Å². The number of aromatic nitrogens is 2. The lowest BCUT2D eigenvalue weighted by atomic mass is 9.90. The Hall–Kier alpha value is -1.16. The number of carbonyl (C=O) groups excluding carboxylic acids is 1. The SMILES string of the molecule is Cl.Cn1cc([C@H]2CNC[C@@H]2C(=O)NCC2CCCC2NS(C)(=O)=O)cn1. The third-order valence-corrected chi connectivity index (χ3v) is 6.00. The zero-order valence-electron chi connectivity index (χ0n) is 15.1. The van der Waals surface area contributed by atoms with Crippen LogP contribution in [0.15, 0.2) is 12.4 Å². The lowest BCUT2D eigenvalue weighted by molar-refractivity contribution is -0.125. The normalized spacial score (nSPS) is 28.7. The van der Waals surface area contributed by atoms with E-state index >= 15 is 0 Å². The predicted molar refractivity (Wildman–Crippen MR) is 102 cm³/mol. The fourth-order valence-corrected chi connectivity index (χ4v) is 4.87. The Morgan fingerprint density at radius 3 is 2.81 bits per heavy atom. The molecule has 2 heterocycles. The van der Waals surface area contributed by atoms with Gasteiger partial charge < -0.3 is 10.6 Å². The van der Waals surface area contributed by atoms with Crippen LogP contribution in [-0.2, 0) is 21.9 Å². The average molecular weight is 406 g/mol. The van der Waals surface area contributed by atoms with E-state index in [2.05, 4.69) is 20.5 Å². The predicted octanol–water partition coefficient (Wildman–Crippen LogP) is -0.0210. The first-order valence-electron chi connectivity index (χ1n) is 8.78. The number of nitrogens with one attached hydrogen (secondary N) is 3. The molecule has 1 amide bonds. The van der Waals surface area contributed by atoms with Crippen molar-refractivity contribution in [3.8, 4) is 0 Å². The highest BCUT2D eigenvalue weighted by Gasteiger charge is 2.36. The van der Waals surface area contributed by atoms with Gasteiger partial charge in [-0.05, 0) is 24.3 Å². The Morgan fingerprint density at radius 2 is 2.15 bits per heavy atom. The van der Waals surface area contributed by atoms with Gasteiger partial charge in [-0.3, -0.25) is 9.48 Å². The second-order valence-electron chi connectivity index (χ2n) is 7.25. The van der Waals surface area contributed by atoms with Crippen molar-refractivity contribution in [1.82, 2.24) is 25.1 Å². The van der Waals surface area contributed by atoms with Crippen LogP contribution in [0.25, 0.3) is 0 Å². The molecule has 8 nitrogen and oxygen atoms in total. The zero-order valence-corrected chi connectivity index (χ0v) is 16.8. The minimum absolute atomic E-state index is 0. The maximum atomic E-state index is 12.7. The molecule has 1 aromatic rings. The molecule has 2 unspecified atom stereocenters. The summed E-state index contributed by atoms with van der Waals surface area (Å²) >= 11 is 0. The van der Waals surface area contributed by atoms with E-state index < -0.39 is 10.0 Å². The van der Waals surface area contributed by atoms with E-state index in [1.165, 1.54) is 6.26 Å². The third kappa shape index (κ3) is 5.18. The van der Waals surface area contributed by atoms with Crippen LogP contribution in [0, 0.1) is 11.8 Å². The van der Waals surface area contributed by atoms with Crippen LogP contribution in [0.1, 0.15) is 30.7 Å². The monoisotopic (exact) mass is 405 g/mol. The second kappa shape index (κ2) is 8.69. The van der Waals surface area contributed by atoms with Crippen LogP contribution >= 0.6 is 12.4 Å². The Balaban J connectivity index is 0.00000243. The molecule has 0 spiro atoms. The molecule has 1 aromatic heterocycles. The van der Waals surface area contributed by atoms with Crippen LogP contribution in [0.4, 0.5) is 0 Å². The molecule has 0 bridgehead atoms. The fourth-order valence-electron chi connectivity index (χ4n) is 4.01. The molecule has 0 aromatic carbocycles. The van der Waals surface area contributed by atoms with Crippen LogP contribution < -0.4 is 15.4 Å². The van der Waals surface area contributed by atoms with E-state index in [1.807, 2.05) is 19.4 Å². The number of carbonyl (C=O) groups is 1. The molecule has 4 atom stereocenters. The summed E-state index contributed by atoms with van der Waals surface area (Å²) in [5, 5.41) is 10.5. The summed E-state index contributed by atoms with van der Waals surface area (Å²) in [6.45, 7) is 1.94. The van der Waals surface area contributed by atoms with Crippen molar-refractivity contribution in [2.45, 2.75) is 31.2 Å². The molecule has 3 N–H and O–H groups in total. The highest BCUT2D eigenvalue weighted by Crippen LogP contribution is 2.29. The van der Waals surface area contributed by atoms with Gasteiger partial charge in [0.05, 0.1) is 18.4 Å². The summed E-state index contributed by atoms with van der Waals surface area (Å²) in [6, 6.07) is -0.0777. The molecule has 3 rings (SSSR count). The molecular formula is C16H28ClN5O3S. The summed E-state index contributed by atoms with van der Waals surface area (Å²) in [5.74, 6) is 0.197. The number of hydrogen-bond donors (Lipinski definition) is 3. The number of aryl methyl sites for hydroxylation is 1. The largest absolute Gasteiger partial charge is 0.355 e. The van der Waals surface area contributed by atoms with Gasteiger partial charge in [-0.15, -0.1) is 12.4 Å². The van der Waals surface area contributed by atoms with Crippen molar-refractivity contribution in [3.05, 3.63) is 18.0 Å². The van der Waals surface area contributed by atoms with Crippen molar-refractivity contribution in [1.29, 1.82) is 0 Å².